The Morgan fingerprint density at radius 2 is 1.93 bits per heavy atom. The predicted octanol–water partition coefficient (Wildman–Crippen LogP) is 2.93. The van der Waals surface area contributed by atoms with E-state index in [0.717, 1.165) is 37.4 Å². The van der Waals surface area contributed by atoms with Gasteiger partial charge in [0.15, 0.2) is 11.6 Å². The van der Waals surface area contributed by atoms with Crippen LogP contribution in [0.5, 0.6) is 0 Å². The van der Waals surface area contributed by atoms with Crippen molar-refractivity contribution in [2.24, 2.45) is 11.5 Å². The Morgan fingerprint density at radius 1 is 1.17 bits per heavy atom. The maximum absolute atomic E-state index is 14.6. The smallest absolute Gasteiger partial charge is 0.252 e. The SMILES string of the molecule is NC(=O)c1cc(F)c(NC2CCCCC2N)nc1Nc1ccc(-n2ccnc2)cc1. The number of primary amides is 1. The second-order valence-electron chi connectivity index (χ2n) is 7.42. The highest BCUT2D eigenvalue weighted by atomic mass is 19.1. The average molecular weight is 409 g/mol. The van der Waals surface area contributed by atoms with E-state index in [2.05, 4.69) is 20.6 Å². The molecule has 4 rings (SSSR count). The highest BCUT2D eigenvalue weighted by molar-refractivity contribution is 5.98. The largest absolute Gasteiger partial charge is 0.365 e. The van der Waals surface area contributed by atoms with Gasteiger partial charge in [0.1, 0.15) is 5.82 Å². The summed E-state index contributed by atoms with van der Waals surface area (Å²) in [5, 5.41) is 6.17. The Kier molecular flexibility index (Phi) is 5.62. The van der Waals surface area contributed by atoms with Crippen LogP contribution in [0.3, 0.4) is 0 Å². The summed E-state index contributed by atoms with van der Waals surface area (Å²) in [5.41, 5.74) is 13.2. The number of aromatic nitrogens is 3. The van der Waals surface area contributed by atoms with Gasteiger partial charge in [-0.3, -0.25) is 4.79 Å². The number of hydrogen-bond donors (Lipinski definition) is 4. The van der Waals surface area contributed by atoms with Gasteiger partial charge in [-0.05, 0) is 43.2 Å². The first-order chi connectivity index (χ1) is 14.5. The van der Waals surface area contributed by atoms with Crippen LogP contribution in [-0.2, 0) is 0 Å². The quantitative estimate of drug-likeness (QED) is 0.496. The van der Waals surface area contributed by atoms with Crippen LogP contribution in [0.15, 0.2) is 49.1 Å². The lowest BCUT2D eigenvalue weighted by Crippen LogP contribution is -2.43. The van der Waals surface area contributed by atoms with Crippen molar-refractivity contribution in [1.29, 1.82) is 0 Å². The van der Waals surface area contributed by atoms with Crippen molar-refractivity contribution in [1.82, 2.24) is 14.5 Å². The predicted molar refractivity (Wildman–Crippen MR) is 113 cm³/mol. The topological polar surface area (TPSA) is 124 Å². The molecule has 1 aliphatic carbocycles. The number of carbonyl (C=O) groups excluding carboxylic acids is 1. The third-order valence-corrected chi connectivity index (χ3v) is 5.32. The zero-order valence-electron chi connectivity index (χ0n) is 16.4. The number of anilines is 3. The van der Waals surface area contributed by atoms with Gasteiger partial charge in [-0.25, -0.2) is 14.4 Å². The molecular formula is C21H24FN7O. The van der Waals surface area contributed by atoms with Crippen LogP contribution in [0.1, 0.15) is 36.0 Å². The normalized spacial score (nSPS) is 18.7. The van der Waals surface area contributed by atoms with Gasteiger partial charge in [0.05, 0.1) is 11.9 Å². The van der Waals surface area contributed by atoms with Crippen molar-refractivity contribution in [3.63, 3.8) is 0 Å². The molecule has 0 aliphatic heterocycles. The van der Waals surface area contributed by atoms with E-state index in [9.17, 15) is 9.18 Å². The minimum absolute atomic E-state index is 0.0234. The number of carbonyl (C=O) groups is 1. The van der Waals surface area contributed by atoms with Crippen molar-refractivity contribution < 1.29 is 9.18 Å². The summed E-state index contributed by atoms with van der Waals surface area (Å²) in [5.74, 6) is -1.16. The molecule has 2 atom stereocenters. The molecule has 1 fully saturated rings. The molecule has 3 aromatic rings. The second kappa shape index (κ2) is 8.50. The summed E-state index contributed by atoms with van der Waals surface area (Å²) in [6.45, 7) is 0. The maximum atomic E-state index is 14.6. The van der Waals surface area contributed by atoms with Gasteiger partial charge in [-0.15, -0.1) is 0 Å². The molecule has 8 nitrogen and oxygen atoms in total. The lowest BCUT2D eigenvalue weighted by molar-refractivity contribution is 0.100. The summed E-state index contributed by atoms with van der Waals surface area (Å²) < 4.78 is 16.5. The number of pyridine rings is 1. The van der Waals surface area contributed by atoms with E-state index < -0.39 is 11.7 Å². The molecule has 9 heteroatoms. The summed E-state index contributed by atoms with van der Waals surface area (Å²) >= 11 is 0. The lowest BCUT2D eigenvalue weighted by Gasteiger charge is -2.30. The van der Waals surface area contributed by atoms with E-state index in [1.54, 1.807) is 12.5 Å². The fourth-order valence-corrected chi connectivity index (χ4v) is 3.65. The standard InChI is InChI=1S/C21H24FN7O/c22-16-11-15(19(24)30)20(28-21(16)27-18-4-2-1-3-17(18)23)26-13-5-7-14(8-6-13)29-10-9-25-12-29/h5-12,17-18H,1-4,23H2,(H2,24,30)(H2,26,27,28). The van der Waals surface area contributed by atoms with Crippen molar-refractivity contribution in [3.05, 3.63) is 60.4 Å². The van der Waals surface area contributed by atoms with Crippen molar-refractivity contribution in [2.75, 3.05) is 10.6 Å². The number of benzene rings is 1. The van der Waals surface area contributed by atoms with E-state index >= 15 is 0 Å². The zero-order chi connectivity index (χ0) is 21.1. The Hall–Kier alpha value is -3.46. The van der Waals surface area contributed by atoms with Crippen LogP contribution >= 0.6 is 0 Å². The molecule has 6 N–H and O–H groups in total. The molecule has 2 unspecified atom stereocenters. The molecule has 0 saturated heterocycles. The van der Waals surface area contributed by atoms with Gasteiger partial charge < -0.3 is 26.7 Å². The third-order valence-electron chi connectivity index (χ3n) is 5.32. The van der Waals surface area contributed by atoms with E-state index in [1.165, 1.54) is 0 Å². The van der Waals surface area contributed by atoms with Crippen LogP contribution < -0.4 is 22.1 Å². The maximum Gasteiger partial charge on any atom is 0.252 e. The molecule has 2 heterocycles. The van der Waals surface area contributed by atoms with Gasteiger partial charge in [-0.1, -0.05) is 12.8 Å². The number of rotatable bonds is 6. The van der Waals surface area contributed by atoms with Crippen LogP contribution in [0.4, 0.5) is 21.7 Å². The number of nitrogens with one attached hydrogen (secondary N) is 2. The van der Waals surface area contributed by atoms with Gasteiger partial charge >= 0.3 is 0 Å². The van der Waals surface area contributed by atoms with Crippen LogP contribution in [-0.4, -0.2) is 32.5 Å². The number of nitrogens with two attached hydrogens (primary N) is 2. The first kappa shape index (κ1) is 19.8. The van der Waals surface area contributed by atoms with Crippen molar-refractivity contribution in [3.8, 4) is 5.69 Å². The van der Waals surface area contributed by atoms with Crippen LogP contribution in [0, 0.1) is 5.82 Å². The van der Waals surface area contributed by atoms with Crippen molar-refractivity contribution >= 4 is 23.2 Å². The Balaban J connectivity index is 1.60. The zero-order valence-corrected chi connectivity index (χ0v) is 16.4. The van der Waals surface area contributed by atoms with E-state index in [0.29, 0.717) is 5.69 Å². The number of nitrogens with zero attached hydrogens (tertiary/aromatic N) is 3. The highest BCUT2D eigenvalue weighted by Crippen LogP contribution is 2.27. The Morgan fingerprint density at radius 3 is 2.60 bits per heavy atom. The number of hydrogen-bond acceptors (Lipinski definition) is 6. The first-order valence-corrected chi connectivity index (χ1v) is 9.89. The lowest BCUT2D eigenvalue weighted by atomic mass is 9.91. The van der Waals surface area contributed by atoms with Gasteiger partial charge in [0.25, 0.3) is 5.91 Å². The molecule has 156 valence electrons. The van der Waals surface area contributed by atoms with Crippen LogP contribution in [0.2, 0.25) is 0 Å². The summed E-state index contributed by atoms with van der Waals surface area (Å²) in [6, 6.07) is 8.40. The monoisotopic (exact) mass is 409 g/mol. The van der Waals surface area contributed by atoms with Crippen molar-refractivity contribution in [2.45, 2.75) is 37.8 Å². The molecule has 0 radical (unpaired) electrons. The molecule has 30 heavy (non-hydrogen) atoms. The summed E-state index contributed by atoms with van der Waals surface area (Å²) in [4.78, 5) is 20.2. The fourth-order valence-electron chi connectivity index (χ4n) is 3.65. The molecule has 1 aliphatic rings. The molecular weight excluding hydrogens is 385 g/mol. The fraction of sp³-hybridized carbons (Fsp3) is 0.286. The molecule has 2 aromatic heterocycles. The highest BCUT2D eigenvalue weighted by Gasteiger charge is 2.24. The molecule has 0 spiro atoms. The minimum Gasteiger partial charge on any atom is -0.365 e. The Bertz CT molecular complexity index is 1020. The van der Waals surface area contributed by atoms with Gasteiger partial charge in [0, 0.05) is 35.9 Å². The van der Waals surface area contributed by atoms with E-state index in [4.69, 9.17) is 11.5 Å². The number of halogens is 1. The number of amides is 1. The summed E-state index contributed by atoms with van der Waals surface area (Å²) in [7, 11) is 0. The van der Waals surface area contributed by atoms with E-state index in [-0.39, 0.29) is 29.3 Å². The molecule has 0 bridgehead atoms. The number of imidazole rings is 1. The van der Waals surface area contributed by atoms with E-state index in [1.807, 2.05) is 35.0 Å². The summed E-state index contributed by atoms with van der Waals surface area (Å²) in [6.07, 6.45) is 9.05. The van der Waals surface area contributed by atoms with Crippen LogP contribution in [0.25, 0.3) is 5.69 Å². The molecule has 1 aromatic carbocycles. The molecule has 1 saturated carbocycles. The van der Waals surface area contributed by atoms with Gasteiger partial charge in [0.2, 0.25) is 0 Å². The third kappa shape index (κ3) is 4.25. The minimum atomic E-state index is -0.764. The first-order valence-electron chi connectivity index (χ1n) is 9.89. The Labute approximate surface area is 173 Å². The average Bonchev–Trinajstić information content (AvgIpc) is 3.27. The van der Waals surface area contributed by atoms with Gasteiger partial charge in [-0.2, -0.15) is 0 Å². The second-order valence-corrected chi connectivity index (χ2v) is 7.42. The molecule has 1 amide bonds.